The van der Waals surface area contributed by atoms with Gasteiger partial charge in [-0.2, -0.15) is 0 Å². The molecule has 0 spiro atoms. The molecule has 2 aromatic carbocycles. The van der Waals surface area contributed by atoms with Gasteiger partial charge in [0.25, 0.3) is 0 Å². The summed E-state index contributed by atoms with van der Waals surface area (Å²) in [6.45, 7) is 1.18. The average Bonchev–Trinajstić information content (AvgIpc) is 3.34. The van der Waals surface area contributed by atoms with Crippen LogP contribution in [0.25, 0.3) is 0 Å². The molecule has 1 aliphatic rings. The molecule has 2 aromatic rings. The van der Waals surface area contributed by atoms with E-state index in [1.807, 2.05) is 6.07 Å². The molecule has 1 unspecified atom stereocenters. The Bertz CT molecular complexity index is 568. The van der Waals surface area contributed by atoms with Crippen LogP contribution in [-0.2, 0) is 0 Å². The van der Waals surface area contributed by atoms with Crippen LogP contribution in [0, 0.1) is 11.7 Å². The van der Waals surface area contributed by atoms with Crippen molar-refractivity contribution in [1.29, 1.82) is 0 Å². The van der Waals surface area contributed by atoms with Gasteiger partial charge in [0.2, 0.25) is 0 Å². The number of para-hydroxylation sites is 1. The van der Waals surface area contributed by atoms with Crippen LogP contribution in [0.1, 0.15) is 24.4 Å². The highest BCUT2D eigenvalue weighted by atomic mass is 19.1. The summed E-state index contributed by atoms with van der Waals surface area (Å²) < 4.78 is 18.9. The Morgan fingerprint density at radius 2 is 1.76 bits per heavy atom. The van der Waals surface area contributed by atoms with E-state index in [1.54, 1.807) is 18.2 Å². The third-order valence-electron chi connectivity index (χ3n) is 3.81. The molecule has 0 aromatic heterocycles. The van der Waals surface area contributed by atoms with Gasteiger partial charge < -0.3 is 10.1 Å². The second-order valence-electron chi connectivity index (χ2n) is 5.46. The lowest BCUT2D eigenvalue weighted by Gasteiger charge is -2.19. The summed E-state index contributed by atoms with van der Waals surface area (Å²) in [4.78, 5) is 0. The third kappa shape index (κ3) is 3.82. The Hall–Kier alpha value is -1.87. The summed E-state index contributed by atoms with van der Waals surface area (Å²) in [6, 6.07) is 17.4. The molecular weight excluding hydrogens is 265 g/mol. The van der Waals surface area contributed by atoms with Crippen molar-refractivity contribution in [2.75, 3.05) is 13.2 Å². The molecule has 1 saturated carbocycles. The minimum atomic E-state index is -0.306. The second kappa shape index (κ2) is 6.72. The van der Waals surface area contributed by atoms with E-state index in [9.17, 15) is 4.39 Å². The molecule has 0 aliphatic heterocycles. The molecule has 0 amide bonds. The molecule has 2 nitrogen and oxygen atoms in total. The minimum Gasteiger partial charge on any atom is -0.489 e. The summed E-state index contributed by atoms with van der Waals surface area (Å²) >= 11 is 0. The van der Waals surface area contributed by atoms with Crippen molar-refractivity contribution in [3.63, 3.8) is 0 Å². The first-order valence-electron chi connectivity index (χ1n) is 7.50. The van der Waals surface area contributed by atoms with Crippen molar-refractivity contribution in [1.82, 2.24) is 5.32 Å². The zero-order valence-corrected chi connectivity index (χ0v) is 12.0. The van der Waals surface area contributed by atoms with Crippen LogP contribution in [0.4, 0.5) is 4.39 Å². The molecule has 1 aliphatic carbocycles. The number of rotatable bonds is 7. The molecule has 0 saturated heterocycles. The number of nitrogens with one attached hydrogen (secondary N) is 1. The lowest BCUT2D eigenvalue weighted by atomic mass is 10.0. The highest BCUT2D eigenvalue weighted by Crippen LogP contribution is 2.40. The van der Waals surface area contributed by atoms with E-state index in [4.69, 9.17) is 4.74 Å². The van der Waals surface area contributed by atoms with Gasteiger partial charge in [0.1, 0.15) is 6.61 Å². The maximum absolute atomic E-state index is 13.4. The zero-order valence-electron chi connectivity index (χ0n) is 12.0. The largest absolute Gasteiger partial charge is 0.489 e. The van der Waals surface area contributed by atoms with Gasteiger partial charge in [0, 0.05) is 12.6 Å². The van der Waals surface area contributed by atoms with Crippen molar-refractivity contribution < 1.29 is 9.13 Å². The predicted molar refractivity (Wildman–Crippen MR) is 81.8 cm³/mol. The standard InChI is InChI=1S/C18H20FNO/c19-16-8-4-5-9-17(16)21-13-12-20-18(15-10-11-15)14-6-2-1-3-7-14/h1-9,15,18,20H,10-13H2. The van der Waals surface area contributed by atoms with E-state index in [0.29, 0.717) is 24.9 Å². The van der Waals surface area contributed by atoms with Crippen molar-refractivity contribution in [3.05, 3.63) is 66.0 Å². The smallest absolute Gasteiger partial charge is 0.165 e. The first-order chi connectivity index (χ1) is 10.3. The van der Waals surface area contributed by atoms with Gasteiger partial charge in [-0.15, -0.1) is 0 Å². The Kier molecular flexibility index (Phi) is 4.51. The van der Waals surface area contributed by atoms with Crippen LogP contribution in [0.2, 0.25) is 0 Å². The maximum Gasteiger partial charge on any atom is 0.165 e. The fourth-order valence-corrected chi connectivity index (χ4v) is 2.58. The molecule has 0 radical (unpaired) electrons. The lowest BCUT2D eigenvalue weighted by molar-refractivity contribution is 0.288. The number of benzene rings is 2. The van der Waals surface area contributed by atoms with Crippen LogP contribution in [0.15, 0.2) is 54.6 Å². The van der Waals surface area contributed by atoms with E-state index >= 15 is 0 Å². The summed E-state index contributed by atoms with van der Waals surface area (Å²) in [7, 11) is 0. The van der Waals surface area contributed by atoms with E-state index in [-0.39, 0.29) is 5.82 Å². The molecule has 110 valence electrons. The Morgan fingerprint density at radius 1 is 1.05 bits per heavy atom. The average molecular weight is 285 g/mol. The Morgan fingerprint density at radius 3 is 2.48 bits per heavy atom. The van der Waals surface area contributed by atoms with Gasteiger partial charge in [0.05, 0.1) is 0 Å². The molecule has 3 rings (SSSR count). The predicted octanol–water partition coefficient (Wildman–Crippen LogP) is 3.95. The number of hydrogen-bond acceptors (Lipinski definition) is 2. The third-order valence-corrected chi connectivity index (χ3v) is 3.81. The first-order valence-corrected chi connectivity index (χ1v) is 7.50. The SMILES string of the molecule is Fc1ccccc1OCCNC(c1ccccc1)C1CC1. The normalized spacial score (nSPS) is 15.7. The monoisotopic (exact) mass is 285 g/mol. The van der Waals surface area contributed by atoms with Crippen LogP contribution in [-0.4, -0.2) is 13.2 Å². The first kappa shape index (κ1) is 14.1. The van der Waals surface area contributed by atoms with Crippen LogP contribution in [0.3, 0.4) is 0 Å². The highest BCUT2D eigenvalue weighted by Gasteiger charge is 2.31. The van der Waals surface area contributed by atoms with E-state index in [2.05, 4.69) is 29.6 Å². The summed E-state index contributed by atoms with van der Waals surface area (Å²) in [6.07, 6.45) is 2.56. The van der Waals surface area contributed by atoms with Gasteiger partial charge in [-0.05, 0) is 36.5 Å². The van der Waals surface area contributed by atoms with Crippen LogP contribution in [0.5, 0.6) is 5.75 Å². The highest BCUT2D eigenvalue weighted by molar-refractivity contribution is 5.23. The Balaban J connectivity index is 1.51. The van der Waals surface area contributed by atoms with Crippen LogP contribution >= 0.6 is 0 Å². The van der Waals surface area contributed by atoms with Gasteiger partial charge in [-0.1, -0.05) is 42.5 Å². The van der Waals surface area contributed by atoms with Gasteiger partial charge >= 0.3 is 0 Å². The van der Waals surface area contributed by atoms with E-state index in [0.717, 1.165) is 5.92 Å². The van der Waals surface area contributed by atoms with Crippen molar-refractivity contribution in [2.45, 2.75) is 18.9 Å². The van der Waals surface area contributed by atoms with Gasteiger partial charge in [-0.25, -0.2) is 4.39 Å². The van der Waals surface area contributed by atoms with E-state index < -0.39 is 0 Å². The molecule has 0 bridgehead atoms. The second-order valence-corrected chi connectivity index (χ2v) is 5.46. The molecule has 1 atom stereocenters. The molecule has 21 heavy (non-hydrogen) atoms. The Labute approximate surface area is 125 Å². The number of ether oxygens (including phenoxy) is 1. The fourth-order valence-electron chi connectivity index (χ4n) is 2.58. The summed E-state index contributed by atoms with van der Waals surface area (Å²) in [5, 5.41) is 3.54. The van der Waals surface area contributed by atoms with E-state index in [1.165, 1.54) is 24.5 Å². The molecule has 1 N–H and O–H groups in total. The molecule has 0 heterocycles. The van der Waals surface area contributed by atoms with Crippen LogP contribution < -0.4 is 10.1 Å². The van der Waals surface area contributed by atoms with Crippen molar-refractivity contribution >= 4 is 0 Å². The van der Waals surface area contributed by atoms with Gasteiger partial charge in [0.15, 0.2) is 11.6 Å². The molecule has 1 fully saturated rings. The maximum atomic E-state index is 13.4. The quantitative estimate of drug-likeness (QED) is 0.778. The zero-order chi connectivity index (χ0) is 14.5. The minimum absolute atomic E-state index is 0.306. The van der Waals surface area contributed by atoms with Crippen molar-refractivity contribution in [2.24, 2.45) is 5.92 Å². The summed E-state index contributed by atoms with van der Waals surface area (Å²) in [5.41, 5.74) is 1.32. The molecule has 3 heteroatoms. The number of hydrogen-bond donors (Lipinski definition) is 1. The number of halogens is 1. The van der Waals surface area contributed by atoms with Gasteiger partial charge in [-0.3, -0.25) is 0 Å². The lowest BCUT2D eigenvalue weighted by Crippen LogP contribution is -2.27. The molecular formula is C18H20FNO. The summed E-state index contributed by atoms with van der Waals surface area (Å²) in [5.74, 6) is 0.738. The topological polar surface area (TPSA) is 21.3 Å². The van der Waals surface area contributed by atoms with Crippen molar-refractivity contribution in [3.8, 4) is 5.75 Å². The fraction of sp³-hybridized carbons (Fsp3) is 0.333.